The Hall–Kier alpha value is -2.31. The summed E-state index contributed by atoms with van der Waals surface area (Å²) in [6.45, 7) is 5.74. The Balaban J connectivity index is 1.69. The summed E-state index contributed by atoms with van der Waals surface area (Å²) < 4.78 is 7.16. The van der Waals surface area contributed by atoms with Crippen LogP contribution in [0.15, 0.2) is 10.7 Å². The molecule has 0 saturated heterocycles. The monoisotopic (exact) mass is 317 g/mol. The van der Waals surface area contributed by atoms with E-state index in [1.807, 2.05) is 18.5 Å². The molecular weight excluding hydrogens is 294 g/mol. The molecule has 1 aliphatic rings. The molecule has 0 radical (unpaired) electrons. The minimum absolute atomic E-state index is 0.305. The van der Waals surface area contributed by atoms with E-state index in [0.717, 1.165) is 29.9 Å². The minimum atomic E-state index is -0.305. The number of aromatic nitrogens is 3. The van der Waals surface area contributed by atoms with E-state index < -0.39 is 0 Å². The fraction of sp³-hybridized carbons (Fsp3) is 0.562. The number of carbonyl (C=O) groups is 1. The predicted octanol–water partition coefficient (Wildman–Crippen LogP) is 3.81. The number of amides is 2. The standard InChI is InChI=1S/C16H23N5O2/c1-4-13-15(11(3)23-20-13)19-16(22)18-14-9-17-21(10(14)2)12-7-5-6-8-12/h9,12H,4-8H2,1-3H3,(H2,18,19,22). The highest BCUT2D eigenvalue weighted by Crippen LogP contribution is 2.31. The number of nitrogens with zero attached hydrogens (tertiary/aromatic N) is 3. The molecule has 2 aromatic heterocycles. The summed E-state index contributed by atoms with van der Waals surface area (Å²) in [6.07, 6.45) is 7.24. The number of hydrogen-bond donors (Lipinski definition) is 2. The predicted molar refractivity (Wildman–Crippen MR) is 87.7 cm³/mol. The summed E-state index contributed by atoms with van der Waals surface area (Å²) in [5.74, 6) is 0.607. The molecule has 23 heavy (non-hydrogen) atoms. The van der Waals surface area contributed by atoms with Gasteiger partial charge in [0.1, 0.15) is 11.4 Å². The van der Waals surface area contributed by atoms with Gasteiger partial charge < -0.3 is 15.2 Å². The van der Waals surface area contributed by atoms with Crippen molar-refractivity contribution in [3.05, 3.63) is 23.3 Å². The molecule has 7 heteroatoms. The molecule has 2 aromatic rings. The number of nitrogens with one attached hydrogen (secondary N) is 2. The van der Waals surface area contributed by atoms with Gasteiger partial charge in [0.25, 0.3) is 0 Å². The van der Waals surface area contributed by atoms with Gasteiger partial charge in [0, 0.05) is 0 Å². The third-order valence-corrected chi connectivity index (χ3v) is 4.47. The first-order chi connectivity index (χ1) is 11.1. The number of anilines is 2. The van der Waals surface area contributed by atoms with Crippen molar-refractivity contribution in [2.45, 2.75) is 58.9 Å². The van der Waals surface area contributed by atoms with Crippen molar-refractivity contribution in [1.29, 1.82) is 0 Å². The van der Waals surface area contributed by atoms with Crippen LogP contribution in [0.5, 0.6) is 0 Å². The highest BCUT2D eigenvalue weighted by molar-refractivity contribution is 6.00. The van der Waals surface area contributed by atoms with Crippen LogP contribution in [-0.4, -0.2) is 21.0 Å². The maximum atomic E-state index is 12.3. The third kappa shape index (κ3) is 3.09. The highest BCUT2D eigenvalue weighted by atomic mass is 16.5. The largest absolute Gasteiger partial charge is 0.359 e. The SMILES string of the molecule is CCc1noc(C)c1NC(=O)Nc1cnn(C2CCCC2)c1C. The molecule has 1 aliphatic carbocycles. The summed E-state index contributed by atoms with van der Waals surface area (Å²) in [7, 11) is 0. The maximum Gasteiger partial charge on any atom is 0.323 e. The van der Waals surface area contributed by atoms with Gasteiger partial charge in [0.15, 0.2) is 5.76 Å². The number of hydrogen-bond acceptors (Lipinski definition) is 4. The molecule has 0 aliphatic heterocycles. The highest BCUT2D eigenvalue weighted by Gasteiger charge is 2.21. The summed E-state index contributed by atoms with van der Waals surface area (Å²) in [4.78, 5) is 12.3. The minimum Gasteiger partial charge on any atom is -0.359 e. The first-order valence-electron chi connectivity index (χ1n) is 8.17. The first kappa shape index (κ1) is 15.6. The van der Waals surface area contributed by atoms with Crippen LogP contribution in [0.3, 0.4) is 0 Å². The van der Waals surface area contributed by atoms with Gasteiger partial charge in [0.05, 0.1) is 23.6 Å². The zero-order chi connectivity index (χ0) is 16.4. The van der Waals surface area contributed by atoms with Gasteiger partial charge in [-0.3, -0.25) is 4.68 Å². The van der Waals surface area contributed by atoms with Crippen molar-refractivity contribution in [3.8, 4) is 0 Å². The van der Waals surface area contributed by atoms with E-state index in [9.17, 15) is 4.79 Å². The lowest BCUT2D eigenvalue weighted by molar-refractivity contribution is 0.262. The Kier molecular flexibility index (Phi) is 4.36. The van der Waals surface area contributed by atoms with Gasteiger partial charge in [-0.2, -0.15) is 5.10 Å². The molecule has 0 bridgehead atoms. The van der Waals surface area contributed by atoms with Crippen molar-refractivity contribution >= 4 is 17.4 Å². The zero-order valence-corrected chi connectivity index (χ0v) is 13.8. The third-order valence-electron chi connectivity index (χ3n) is 4.47. The molecule has 3 rings (SSSR count). The summed E-state index contributed by atoms with van der Waals surface area (Å²) in [5, 5.41) is 14.1. The Morgan fingerprint density at radius 2 is 2.09 bits per heavy atom. The fourth-order valence-electron chi connectivity index (χ4n) is 3.15. The summed E-state index contributed by atoms with van der Waals surface area (Å²) >= 11 is 0. The second-order valence-electron chi connectivity index (χ2n) is 6.02. The van der Waals surface area contributed by atoms with Crippen LogP contribution in [0.2, 0.25) is 0 Å². The van der Waals surface area contributed by atoms with Crippen LogP contribution >= 0.6 is 0 Å². The van der Waals surface area contributed by atoms with Gasteiger partial charge in [-0.1, -0.05) is 24.9 Å². The quantitative estimate of drug-likeness (QED) is 0.898. The topological polar surface area (TPSA) is 85.0 Å². The summed E-state index contributed by atoms with van der Waals surface area (Å²) in [5.41, 5.74) is 3.12. The molecular formula is C16H23N5O2. The van der Waals surface area contributed by atoms with Gasteiger partial charge in [0.2, 0.25) is 0 Å². The van der Waals surface area contributed by atoms with Crippen molar-refractivity contribution in [3.63, 3.8) is 0 Å². The molecule has 0 aromatic carbocycles. The molecule has 1 saturated carbocycles. The van der Waals surface area contributed by atoms with E-state index in [1.54, 1.807) is 13.1 Å². The molecule has 2 heterocycles. The van der Waals surface area contributed by atoms with Gasteiger partial charge in [-0.25, -0.2) is 4.79 Å². The molecule has 2 amide bonds. The molecule has 0 spiro atoms. The number of carbonyl (C=O) groups excluding carboxylic acids is 1. The normalized spacial score (nSPS) is 15.1. The molecule has 124 valence electrons. The smallest absolute Gasteiger partial charge is 0.323 e. The zero-order valence-electron chi connectivity index (χ0n) is 13.8. The van der Waals surface area contributed by atoms with Crippen LogP contribution in [0, 0.1) is 13.8 Å². The van der Waals surface area contributed by atoms with Crippen molar-refractivity contribution in [1.82, 2.24) is 14.9 Å². The first-order valence-corrected chi connectivity index (χ1v) is 8.17. The second kappa shape index (κ2) is 6.44. The summed E-state index contributed by atoms with van der Waals surface area (Å²) in [6, 6.07) is 0.153. The fourth-order valence-corrected chi connectivity index (χ4v) is 3.15. The Morgan fingerprint density at radius 1 is 1.35 bits per heavy atom. The Labute approximate surface area is 135 Å². The van der Waals surface area contributed by atoms with E-state index in [1.165, 1.54) is 12.8 Å². The van der Waals surface area contributed by atoms with E-state index in [0.29, 0.717) is 23.9 Å². The van der Waals surface area contributed by atoms with Crippen LogP contribution in [-0.2, 0) is 6.42 Å². The number of rotatable bonds is 4. The second-order valence-corrected chi connectivity index (χ2v) is 6.02. The lowest BCUT2D eigenvalue weighted by Crippen LogP contribution is -2.21. The van der Waals surface area contributed by atoms with E-state index in [-0.39, 0.29) is 6.03 Å². The Bertz CT molecular complexity index is 697. The average Bonchev–Trinajstić information content (AvgIpc) is 3.23. The van der Waals surface area contributed by atoms with Crippen LogP contribution in [0.4, 0.5) is 16.2 Å². The van der Waals surface area contributed by atoms with Crippen LogP contribution in [0.25, 0.3) is 0 Å². The van der Waals surface area contributed by atoms with Gasteiger partial charge in [-0.05, 0) is 33.1 Å². The lowest BCUT2D eigenvalue weighted by atomic mass is 10.2. The van der Waals surface area contributed by atoms with Crippen LogP contribution < -0.4 is 10.6 Å². The van der Waals surface area contributed by atoms with E-state index in [4.69, 9.17) is 4.52 Å². The maximum absolute atomic E-state index is 12.3. The van der Waals surface area contributed by atoms with E-state index in [2.05, 4.69) is 20.9 Å². The van der Waals surface area contributed by atoms with Crippen LogP contribution in [0.1, 0.15) is 55.8 Å². The molecule has 0 atom stereocenters. The van der Waals surface area contributed by atoms with Crippen molar-refractivity contribution < 1.29 is 9.32 Å². The van der Waals surface area contributed by atoms with Crippen molar-refractivity contribution in [2.24, 2.45) is 0 Å². The lowest BCUT2D eigenvalue weighted by Gasteiger charge is -2.13. The Morgan fingerprint density at radius 3 is 2.78 bits per heavy atom. The van der Waals surface area contributed by atoms with Gasteiger partial charge >= 0.3 is 6.03 Å². The van der Waals surface area contributed by atoms with E-state index >= 15 is 0 Å². The molecule has 2 N–H and O–H groups in total. The van der Waals surface area contributed by atoms with Gasteiger partial charge in [-0.15, -0.1) is 0 Å². The molecule has 7 nitrogen and oxygen atoms in total. The average molecular weight is 317 g/mol. The molecule has 0 unspecified atom stereocenters. The number of urea groups is 1. The molecule has 1 fully saturated rings. The number of aryl methyl sites for hydroxylation is 2. The van der Waals surface area contributed by atoms with Crippen molar-refractivity contribution in [2.75, 3.05) is 10.6 Å².